The Morgan fingerprint density at radius 2 is 2.00 bits per heavy atom. The van der Waals surface area contributed by atoms with E-state index in [2.05, 4.69) is 37.3 Å². The van der Waals surface area contributed by atoms with Crippen LogP contribution in [0.1, 0.15) is 17.0 Å². The third-order valence-electron chi connectivity index (χ3n) is 4.58. The molecule has 6 nitrogen and oxygen atoms in total. The second kappa shape index (κ2) is 10.5. The standard InChI is InChI=1S/C22H26ClN5O/c1-24-22(26-11-10-18-8-9-19(29-2)14-20(18)23)27-15-21-25-12-13-28(21)16-17-6-4-3-5-7-17/h3-9,12-14H,10-11,15-16H2,1-2H3,(H2,24,26,27). The molecule has 152 valence electrons. The number of rotatable bonds is 8. The molecule has 1 heterocycles. The highest BCUT2D eigenvalue weighted by molar-refractivity contribution is 6.31. The van der Waals surface area contributed by atoms with Gasteiger partial charge >= 0.3 is 0 Å². The first-order chi connectivity index (χ1) is 14.2. The van der Waals surface area contributed by atoms with E-state index in [0.717, 1.165) is 36.1 Å². The van der Waals surface area contributed by atoms with Gasteiger partial charge in [0, 0.05) is 37.6 Å². The molecular formula is C22H26ClN5O. The Kier molecular flexibility index (Phi) is 7.53. The Hall–Kier alpha value is -2.99. The molecule has 0 amide bonds. The van der Waals surface area contributed by atoms with Crippen molar-refractivity contribution in [3.63, 3.8) is 0 Å². The smallest absolute Gasteiger partial charge is 0.191 e. The fraction of sp³-hybridized carbons (Fsp3) is 0.273. The van der Waals surface area contributed by atoms with Gasteiger partial charge in [-0.1, -0.05) is 48.0 Å². The summed E-state index contributed by atoms with van der Waals surface area (Å²) in [4.78, 5) is 8.75. The quantitative estimate of drug-likeness (QED) is 0.440. The molecule has 1 aromatic heterocycles. The van der Waals surface area contributed by atoms with E-state index in [-0.39, 0.29) is 0 Å². The van der Waals surface area contributed by atoms with E-state index in [1.54, 1.807) is 14.2 Å². The molecule has 2 N–H and O–H groups in total. The summed E-state index contributed by atoms with van der Waals surface area (Å²) < 4.78 is 7.32. The number of aromatic nitrogens is 2. The van der Waals surface area contributed by atoms with Gasteiger partial charge in [0.2, 0.25) is 0 Å². The van der Waals surface area contributed by atoms with Crippen LogP contribution in [0, 0.1) is 0 Å². The number of imidazole rings is 1. The third kappa shape index (κ3) is 5.99. The van der Waals surface area contributed by atoms with Crippen molar-refractivity contribution in [1.29, 1.82) is 0 Å². The van der Waals surface area contributed by atoms with Crippen LogP contribution >= 0.6 is 11.6 Å². The zero-order valence-corrected chi connectivity index (χ0v) is 17.5. The van der Waals surface area contributed by atoms with E-state index in [4.69, 9.17) is 16.3 Å². The molecule has 0 fully saturated rings. The molecule has 0 aliphatic heterocycles. The second-order valence-corrected chi connectivity index (χ2v) is 6.92. The third-order valence-corrected chi connectivity index (χ3v) is 4.93. The Balaban J connectivity index is 1.49. The van der Waals surface area contributed by atoms with Crippen LogP contribution in [0.15, 0.2) is 65.9 Å². The summed E-state index contributed by atoms with van der Waals surface area (Å²) in [5.74, 6) is 2.44. The van der Waals surface area contributed by atoms with Crippen LogP contribution in [0.2, 0.25) is 5.02 Å². The fourth-order valence-electron chi connectivity index (χ4n) is 2.99. The largest absolute Gasteiger partial charge is 0.497 e. The molecule has 0 aliphatic rings. The second-order valence-electron chi connectivity index (χ2n) is 6.52. The maximum atomic E-state index is 6.31. The number of nitrogens with zero attached hydrogens (tertiary/aromatic N) is 3. The normalized spacial score (nSPS) is 11.3. The summed E-state index contributed by atoms with van der Waals surface area (Å²) in [6, 6.07) is 16.1. The number of benzene rings is 2. The van der Waals surface area contributed by atoms with Crippen LogP contribution in [0.5, 0.6) is 5.75 Å². The average Bonchev–Trinajstić information content (AvgIpc) is 3.19. The van der Waals surface area contributed by atoms with Gasteiger partial charge in [-0.15, -0.1) is 0 Å². The lowest BCUT2D eigenvalue weighted by molar-refractivity contribution is 0.414. The summed E-state index contributed by atoms with van der Waals surface area (Å²) in [6.45, 7) is 2.09. The van der Waals surface area contributed by atoms with E-state index in [1.807, 2.05) is 48.8 Å². The van der Waals surface area contributed by atoms with Crippen molar-refractivity contribution in [2.75, 3.05) is 20.7 Å². The highest BCUT2D eigenvalue weighted by Crippen LogP contribution is 2.22. The Morgan fingerprint density at radius 1 is 1.17 bits per heavy atom. The van der Waals surface area contributed by atoms with Gasteiger partial charge in [0.1, 0.15) is 11.6 Å². The minimum Gasteiger partial charge on any atom is -0.497 e. The lowest BCUT2D eigenvalue weighted by atomic mass is 10.1. The predicted octanol–water partition coefficient (Wildman–Crippen LogP) is 3.50. The van der Waals surface area contributed by atoms with E-state index in [1.165, 1.54) is 5.56 Å². The van der Waals surface area contributed by atoms with Gasteiger partial charge < -0.3 is 19.9 Å². The van der Waals surface area contributed by atoms with Crippen molar-refractivity contribution in [2.45, 2.75) is 19.5 Å². The number of guanidine groups is 1. The monoisotopic (exact) mass is 411 g/mol. The zero-order valence-electron chi connectivity index (χ0n) is 16.7. The molecule has 7 heteroatoms. The first-order valence-corrected chi connectivity index (χ1v) is 9.88. The molecule has 0 saturated carbocycles. The molecule has 3 rings (SSSR count). The number of ether oxygens (including phenoxy) is 1. The Morgan fingerprint density at radius 3 is 2.72 bits per heavy atom. The van der Waals surface area contributed by atoms with Crippen LogP contribution in [0.4, 0.5) is 0 Å². The van der Waals surface area contributed by atoms with Crippen LogP contribution in [-0.4, -0.2) is 36.2 Å². The van der Waals surface area contributed by atoms with Crippen LogP contribution in [0.3, 0.4) is 0 Å². The maximum absolute atomic E-state index is 6.31. The number of nitrogens with one attached hydrogen (secondary N) is 2. The summed E-state index contributed by atoms with van der Waals surface area (Å²) in [6.07, 6.45) is 4.60. The molecule has 0 radical (unpaired) electrons. The molecule has 0 unspecified atom stereocenters. The highest BCUT2D eigenvalue weighted by Gasteiger charge is 2.06. The van der Waals surface area contributed by atoms with Gasteiger partial charge in [0.25, 0.3) is 0 Å². The van der Waals surface area contributed by atoms with Crippen molar-refractivity contribution in [3.8, 4) is 5.75 Å². The van der Waals surface area contributed by atoms with Crippen molar-refractivity contribution in [3.05, 3.63) is 82.9 Å². The van der Waals surface area contributed by atoms with Gasteiger partial charge in [-0.2, -0.15) is 0 Å². The molecule has 0 bridgehead atoms. The molecule has 0 aliphatic carbocycles. The average molecular weight is 412 g/mol. The van der Waals surface area contributed by atoms with Crippen molar-refractivity contribution in [1.82, 2.24) is 20.2 Å². The van der Waals surface area contributed by atoms with Gasteiger partial charge in [-0.25, -0.2) is 4.98 Å². The topological polar surface area (TPSA) is 63.5 Å². The van der Waals surface area contributed by atoms with E-state index >= 15 is 0 Å². The molecule has 2 aromatic carbocycles. The molecule has 29 heavy (non-hydrogen) atoms. The van der Waals surface area contributed by atoms with Crippen molar-refractivity contribution < 1.29 is 4.74 Å². The van der Waals surface area contributed by atoms with Gasteiger partial charge in [-0.3, -0.25) is 4.99 Å². The van der Waals surface area contributed by atoms with E-state index in [9.17, 15) is 0 Å². The van der Waals surface area contributed by atoms with Crippen molar-refractivity contribution >= 4 is 17.6 Å². The van der Waals surface area contributed by atoms with E-state index < -0.39 is 0 Å². The number of halogens is 1. The van der Waals surface area contributed by atoms with Gasteiger partial charge in [0.05, 0.1) is 13.7 Å². The summed E-state index contributed by atoms with van der Waals surface area (Å²) >= 11 is 6.31. The lowest BCUT2D eigenvalue weighted by Gasteiger charge is -2.13. The van der Waals surface area contributed by atoms with Gasteiger partial charge in [0.15, 0.2) is 5.96 Å². The molecule has 0 saturated heterocycles. The van der Waals surface area contributed by atoms with Crippen LogP contribution < -0.4 is 15.4 Å². The predicted molar refractivity (Wildman–Crippen MR) is 118 cm³/mol. The molecular weight excluding hydrogens is 386 g/mol. The van der Waals surface area contributed by atoms with Gasteiger partial charge in [-0.05, 0) is 29.7 Å². The maximum Gasteiger partial charge on any atom is 0.191 e. The molecule has 3 aromatic rings. The Labute approximate surface area is 176 Å². The fourth-order valence-corrected chi connectivity index (χ4v) is 3.25. The van der Waals surface area contributed by atoms with Crippen LogP contribution in [0.25, 0.3) is 0 Å². The molecule has 0 atom stereocenters. The first-order valence-electron chi connectivity index (χ1n) is 9.50. The highest BCUT2D eigenvalue weighted by atomic mass is 35.5. The first kappa shape index (κ1) is 20.7. The number of methoxy groups -OCH3 is 1. The summed E-state index contributed by atoms with van der Waals surface area (Å²) in [5, 5.41) is 7.34. The molecule has 0 spiro atoms. The zero-order chi connectivity index (χ0) is 20.5. The van der Waals surface area contributed by atoms with Crippen LogP contribution in [-0.2, 0) is 19.5 Å². The van der Waals surface area contributed by atoms with Crippen molar-refractivity contribution in [2.24, 2.45) is 4.99 Å². The lowest BCUT2D eigenvalue weighted by Crippen LogP contribution is -2.38. The minimum atomic E-state index is 0.586. The summed E-state index contributed by atoms with van der Waals surface area (Å²) in [7, 11) is 3.39. The Bertz CT molecular complexity index is 939. The number of aliphatic imine (C=N–C) groups is 1. The number of hydrogen-bond donors (Lipinski definition) is 2. The minimum absolute atomic E-state index is 0.586. The number of hydrogen-bond acceptors (Lipinski definition) is 3. The van der Waals surface area contributed by atoms with E-state index in [0.29, 0.717) is 18.1 Å². The summed E-state index contributed by atoms with van der Waals surface area (Å²) in [5.41, 5.74) is 2.31. The SMILES string of the molecule is CN=C(NCCc1ccc(OC)cc1Cl)NCc1nccn1Cc1ccccc1.